The van der Waals surface area contributed by atoms with Gasteiger partial charge in [-0.3, -0.25) is 0 Å². The van der Waals surface area contributed by atoms with Crippen LogP contribution in [0.2, 0.25) is 0 Å². The van der Waals surface area contributed by atoms with E-state index in [-0.39, 0.29) is 0 Å². The molecule has 0 aromatic rings. The van der Waals surface area contributed by atoms with E-state index >= 15 is 0 Å². The van der Waals surface area contributed by atoms with Gasteiger partial charge in [0, 0.05) is 0 Å². The highest BCUT2D eigenvalue weighted by atomic mass is 14.8. The first-order chi connectivity index (χ1) is 4.35. The second kappa shape index (κ2) is 6.09. The Morgan fingerprint density at radius 3 is 2.33 bits per heavy atom. The third-order valence-corrected chi connectivity index (χ3v) is 1.77. The van der Waals surface area contributed by atoms with Crippen LogP contribution in [0.5, 0.6) is 0 Å². The van der Waals surface area contributed by atoms with Gasteiger partial charge in [0.1, 0.15) is 0 Å². The van der Waals surface area contributed by atoms with E-state index in [4.69, 9.17) is 0 Å². The molecule has 0 unspecified atom stereocenters. The minimum absolute atomic E-state index is 0.903. The Hall–Kier alpha value is -0.0400. The first-order valence-corrected chi connectivity index (χ1v) is 3.99. The van der Waals surface area contributed by atoms with E-state index in [0.717, 1.165) is 5.92 Å². The second-order valence-corrected chi connectivity index (χ2v) is 2.62. The first-order valence-electron chi connectivity index (χ1n) is 3.99. The van der Waals surface area contributed by atoms with E-state index < -0.39 is 0 Å². The molecule has 1 N–H and O–H groups in total. The van der Waals surface area contributed by atoms with Crippen LogP contribution in [0.15, 0.2) is 0 Å². The Morgan fingerprint density at radius 1 is 1.33 bits per heavy atom. The van der Waals surface area contributed by atoms with Gasteiger partial charge >= 0.3 is 0 Å². The summed E-state index contributed by atoms with van der Waals surface area (Å²) in [4.78, 5) is 0. The highest BCUT2D eigenvalue weighted by molar-refractivity contribution is 4.57. The Balaban J connectivity index is 3.18. The molecule has 0 saturated carbocycles. The van der Waals surface area contributed by atoms with Crippen LogP contribution >= 0.6 is 0 Å². The van der Waals surface area contributed by atoms with E-state index in [1.54, 1.807) is 0 Å². The molecule has 56 valence electrons. The molecule has 0 rings (SSSR count). The SMILES string of the molecule is CCC[C@@H](CC)CNC. The normalized spacial score (nSPS) is 13.7. The van der Waals surface area contributed by atoms with E-state index in [1.165, 1.54) is 25.8 Å². The van der Waals surface area contributed by atoms with Gasteiger partial charge in [-0.2, -0.15) is 0 Å². The summed E-state index contributed by atoms with van der Waals surface area (Å²) < 4.78 is 0. The van der Waals surface area contributed by atoms with Crippen molar-refractivity contribution in [3.05, 3.63) is 0 Å². The third-order valence-electron chi connectivity index (χ3n) is 1.77. The maximum absolute atomic E-state index is 3.20. The lowest BCUT2D eigenvalue weighted by atomic mass is 10.0. The molecule has 0 amide bonds. The van der Waals surface area contributed by atoms with Crippen molar-refractivity contribution in [2.75, 3.05) is 13.6 Å². The van der Waals surface area contributed by atoms with Crippen LogP contribution < -0.4 is 5.32 Å². The lowest BCUT2D eigenvalue weighted by molar-refractivity contribution is 0.445. The lowest BCUT2D eigenvalue weighted by Gasteiger charge is -2.11. The molecule has 0 aliphatic heterocycles. The van der Waals surface area contributed by atoms with Crippen molar-refractivity contribution in [2.45, 2.75) is 33.1 Å². The Kier molecular flexibility index (Phi) is 6.06. The molecule has 0 fully saturated rings. The van der Waals surface area contributed by atoms with Crippen molar-refractivity contribution in [3.63, 3.8) is 0 Å². The van der Waals surface area contributed by atoms with Gasteiger partial charge in [0.15, 0.2) is 0 Å². The van der Waals surface area contributed by atoms with Crippen LogP contribution in [-0.4, -0.2) is 13.6 Å². The Morgan fingerprint density at radius 2 is 2.00 bits per heavy atom. The highest BCUT2D eigenvalue weighted by Gasteiger charge is 2.01. The standard InChI is InChI=1S/C8H19N/c1-4-6-8(5-2)7-9-3/h8-9H,4-7H2,1-3H3/t8-/m1/s1. The second-order valence-electron chi connectivity index (χ2n) is 2.62. The molecular formula is C8H19N. The van der Waals surface area contributed by atoms with Crippen molar-refractivity contribution >= 4 is 0 Å². The number of rotatable bonds is 5. The molecule has 0 aromatic heterocycles. The summed E-state index contributed by atoms with van der Waals surface area (Å²) in [6.45, 7) is 5.69. The van der Waals surface area contributed by atoms with Crippen molar-refractivity contribution in [2.24, 2.45) is 5.92 Å². The van der Waals surface area contributed by atoms with Crippen LogP contribution in [-0.2, 0) is 0 Å². The fourth-order valence-electron chi connectivity index (χ4n) is 1.15. The number of nitrogens with one attached hydrogen (secondary N) is 1. The van der Waals surface area contributed by atoms with Crippen LogP contribution in [0, 0.1) is 5.92 Å². The van der Waals surface area contributed by atoms with E-state index in [0.29, 0.717) is 0 Å². The van der Waals surface area contributed by atoms with Gasteiger partial charge in [0.25, 0.3) is 0 Å². The van der Waals surface area contributed by atoms with Gasteiger partial charge in [0.2, 0.25) is 0 Å². The average Bonchev–Trinajstić information content (AvgIpc) is 1.88. The third kappa shape index (κ3) is 4.46. The predicted octanol–water partition coefficient (Wildman–Crippen LogP) is 2.03. The number of hydrogen-bond acceptors (Lipinski definition) is 1. The zero-order valence-electron chi connectivity index (χ0n) is 6.91. The Labute approximate surface area is 58.8 Å². The van der Waals surface area contributed by atoms with E-state index in [2.05, 4.69) is 19.2 Å². The zero-order valence-corrected chi connectivity index (χ0v) is 6.91. The quantitative estimate of drug-likeness (QED) is 0.599. The summed E-state index contributed by atoms with van der Waals surface area (Å²) in [5.74, 6) is 0.903. The molecule has 0 heterocycles. The lowest BCUT2D eigenvalue weighted by Crippen LogP contribution is -2.17. The van der Waals surface area contributed by atoms with Crippen molar-refractivity contribution in [1.29, 1.82) is 0 Å². The zero-order chi connectivity index (χ0) is 7.11. The largest absolute Gasteiger partial charge is 0.319 e. The smallest absolute Gasteiger partial charge is 0.00236 e. The number of hydrogen-bond donors (Lipinski definition) is 1. The summed E-state index contributed by atoms with van der Waals surface area (Å²) in [6.07, 6.45) is 4.01. The summed E-state index contributed by atoms with van der Waals surface area (Å²) >= 11 is 0. The predicted molar refractivity (Wildman–Crippen MR) is 42.6 cm³/mol. The molecule has 9 heavy (non-hydrogen) atoms. The van der Waals surface area contributed by atoms with Crippen LogP contribution in [0.4, 0.5) is 0 Å². The van der Waals surface area contributed by atoms with Gasteiger partial charge in [-0.05, 0) is 25.9 Å². The molecule has 0 aliphatic carbocycles. The molecule has 0 aromatic carbocycles. The molecule has 0 radical (unpaired) electrons. The van der Waals surface area contributed by atoms with Crippen LogP contribution in [0.1, 0.15) is 33.1 Å². The van der Waals surface area contributed by atoms with Gasteiger partial charge < -0.3 is 5.32 Å². The van der Waals surface area contributed by atoms with Gasteiger partial charge in [-0.15, -0.1) is 0 Å². The van der Waals surface area contributed by atoms with Gasteiger partial charge in [0.05, 0.1) is 0 Å². The van der Waals surface area contributed by atoms with Crippen LogP contribution in [0.25, 0.3) is 0 Å². The fraction of sp³-hybridized carbons (Fsp3) is 1.00. The first kappa shape index (κ1) is 8.96. The van der Waals surface area contributed by atoms with Crippen molar-refractivity contribution < 1.29 is 0 Å². The minimum atomic E-state index is 0.903. The average molecular weight is 129 g/mol. The van der Waals surface area contributed by atoms with Gasteiger partial charge in [-0.1, -0.05) is 26.7 Å². The highest BCUT2D eigenvalue weighted by Crippen LogP contribution is 2.08. The molecule has 1 atom stereocenters. The maximum atomic E-state index is 3.20. The van der Waals surface area contributed by atoms with Crippen LogP contribution in [0.3, 0.4) is 0 Å². The summed E-state index contributed by atoms with van der Waals surface area (Å²) in [7, 11) is 2.03. The van der Waals surface area contributed by atoms with Crippen molar-refractivity contribution in [3.8, 4) is 0 Å². The molecular weight excluding hydrogens is 110 g/mol. The van der Waals surface area contributed by atoms with E-state index in [1.807, 2.05) is 7.05 Å². The van der Waals surface area contributed by atoms with Gasteiger partial charge in [-0.25, -0.2) is 0 Å². The molecule has 0 spiro atoms. The maximum Gasteiger partial charge on any atom is -0.00236 e. The summed E-state index contributed by atoms with van der Waals surface area (Å²) in [6, 6.07) is 0. The summed E-state index contributed by atoms with van der Waals surface area (Å²) in [5, 5.41) is 3.20. The topological polar surface area (TPSA) is 12.0 Å². The molecule has 0 aliphatic rings. The fourth-order valence-corrected chi connectivity index (χ4v) is 1.15. The molecule has 0 saturated heterocycles. The molecule has 1 heteroatoms. The van der Waals surface area contributed by atoms with E-state index in [9.17, 15) is 0 Å². The summed E-state index contributed by atoms with van der Waals surface area (Å²) in [5.41, 5.74) is 0. The van der Waals surface area contributed by atoms with Crippen molar-refractivity contribution in [1.82, 2.24) is 5.32 Å². The molecule has 0 bridgehead atoms. The molecule has 1 nitrogen and oxygen atoms in total. The minimum Gasteiger partial charge on any atom is -0.319 e. The Bertz CT molecular complexity index is 46.5. The monoisotopic (exact) mass is 129 g/mol.